The zero-order valence-electron chi connectivity index (χ0n) is 8.88. The molecule has 2 nitrogen and oxygen atoms in total. The first-order chi connectivity index (χ1) is 7.00. The standard InChI is InChI=1S/C11H15BrN2S/c1-7(2)6-14-10-5-8(12)3-4-9(10)11(13)15/h3-5,7,14H,6H2,1-2H3,(H2,13,15). The van der Waals surface area contributed by atoms with Gasteiger partial charge in [0.25, 0.3) is 0 Å². The van der Waals surface area contributed by atoms with E-state index in [2.05, 4.69) is 35.1 Å². The molecule has 0 amide bonds. The van der Waals surface area contributed by atoms with Gasteiger partial charge in [0.05, 0.1) is 0 Å². The highest BCUT2D eigenvalue weighted by atomic mass is 79.9. The smallest absolute Gasteiger partial charge is 0.106 e. The van der Waals surface area contributed by atoms with Crippen molar-refractivity contribution in [3.63, 3.8) is 0 Å². The first-order valence-corrected chi connectivity index (χ1v) is 6.04. The second-order valence-electron chi connectivity index (χ2n) is 3.83. The van der Waals surface area contributed by atoms with Gasteiger partial charge in [-0.2, -0.15) is 0 Å². The van der Waals surface area contributed by atoms with Crippen LogP contribution >= 0.6 is 28.1 Å². The van der Waals surface area contributed by atoms with Gasteiger partial charge in [-0.25, -0.2) is 0 Å². The van der Waals surface area contributed by atoms with Crippen molar-refractivity contribution in [2.24, 2.45) is 11.7 Å². The number of nitrogens with two attached hydrogens (primary N) is 1. The van der Waals surface area contributed by atoms with Crippen LogP contribution in [0.25, 0.3) is 0 Å². The van der Waals surface area contributed by atoms with Crippen LogP contribution in [0.5, 0.6) is 0 Å². The predicted octanol–water partition coefficient (Wildman–Crippen LogP) is 3.15. The van der Waals surface area contributed by atoms with Gasteiger partial charge in [-0.05, 0) is 24.1 Å². The number of benzene rings is 1. The van der Waals surface area contributed by atoms with Gasteiger partial charge in [-0.3, -0.25) is 0 Å². The van der Waals surface area contributed by atoms with E-state index in [1.165, 1.54) is 0 Å². The molecule has 0 aliphatic heterocycles. The third-order valence-corrected chi connectivity index (χ3v) is 2.66. The highest BCUT2D eigenvalue weighted by Gasteiger charge is 2.05. The van der Waals surface area contributed by atoms with Crippen LogP contribution in [-0.4, -0.2) is 11.5 Å². The van der Waals surface area contributed by atoms with E-state index in [1.807, 2.05) is 18.2 Å². The molecule has 0 aliphatic rings. The number of thiocarbonyl (C=S) groups is 1. The zero-order valence-corrected chi connectivity index (χ0v) is 11.3. The maximum atomic E-state index is 5.65. The van der Waals surface area contributed by atoms with Gasteiger partial charge >= 0.3 is 0 Å². The first kappa shape index (κ1) is 12.5. The van der Waals surface area contributed by atoms with Crippen molar-refractivity contribution in [1.82, 2.24) is 0 Å². The van der Waals surface area contributed by atoms with Crippen molar-refractivity contribution in [2.75, 3.05) is 11.9 Å². The third kappa shape index (κ3) is 3.80. The number of halogens is 1. The summed E-state index contributed by atoms with van der Waals surface area (Å²) in [7, 11) is 0. The summed E-state index contributed by atoms with van der Waals surface area (Å²) < 4.78 is 1.02. The van der Waals surface area contributed by atoms with E-state index in [9.17, 15) is 0 Å². The first-order valence-electron chi connectivity index (χ1n) is 4.84. The minimum atomic E-state index is 0.425. The highest BCUT2D eigenvalue weighted by molar-refractivity contribution is 9.10. The molecule has 0 atom stereocenters. The molecule has 4 heteroatoms. The van der Waals surface area contributed by atoms with Crippen LogP contribution in [0.1, 0.15) is 19.4 Å². The largest absolute Gasteiger partial charge is 0.389 e. The van der Waals surface area contributed by atoms with E-state index in [4.69, 9.17) is 18.0 Å². The van der Waals surface area contributed by atoms with Crippen LogP contribution in [0.3, 0.4) is 0 Å². The summed E-state index contributed by atoms with van der Waals surface area (Å²) >= 11 is 8.42. The molecule has 1 aromatic carbocycles. The molecule has 0 spiro atoms. The summed E-state index contributed by atoms with van der Waals surface area (Å²) in [5, 5.41) is 3.34. The van der Waals surface area contributed by atoms with Crippen LogP contribution in [0.2, 0.25) is 0 Å². The number of hydrogen-bond donors (Lipinski definition) is 2. The molecule has 0 unspecified atom stereocenters. The lowest BCUT2D eigenvalue weighted by Crippen LogP contribution is -2.15. The third-order valence-electron chi connectivity index (χ3n) is 1.95. The van der Waals surface area contributed by atoms with E-state index in [0.29, 0.717) is 10.9 Å². The van der Waals surface area contributed by atoms with Crippen LogP contribution in [-0.2, 0) is 0 Å². The van der Waals surface area contributed by atoms with Crippen LogP contribution in [0, 0.1) is 5.92 Å². The number of nitrogens with one attached hydrogen (secondary N) is 1. The average Bonchev–Trinajstić information content (AvgIpc) is 2.14. The Labute approximate surface area is 104 Å². The van der Waals surface area contributed by atoms with E-state index >= 15 is 0 Å². The molecular weight excluding hydrogens is 272 g/mol. The van der Waals surface area contributed by atoms with Crippen molar-refractivity contribution in [2.45, 2.75) is 13.8 Å². The lowest BCUT2D eigenvalue weighted by Gasteiger charge is -2.13. The fourth-order valence-electron chi connectivity index (χ4n) is 1.19. The number of anilines is 1. The van der Waals surface area contributed by atoms with E-state index in [1.54, 1.807) is 0 Å². The zero-order chi connectivity index (χ0) is 11.4. The Hall–Kier alpha value is -0.610. The minimum Gasteiger partial charge on any atom is -0.389 e. The summed E-state index contributed by atoms with van der Waals surface area (Å²) in [5.41, 5.74) is 7.54. The molecule has 0 saturated heterocycles. The van der Waals surface area contributed by atoms with Gasteiger partial charge in [0.15, 0.2) is 0 Å². The quantitative estimate of drug-likeness (QED) is 0.835. The van der Waals surface area contributed by atoms with Crippen molar-refractivity contribution >= 4 is 38.8 Å². The number of hydrogen-bond acceptors (Lipinski definition) is 2. The van der Waals surface area contributed by atoms with Gasteiger partial charge in [0.1, 0.15) is 4.99 Å². The van der Waals surface area contributed by atoms with Crippen LogP contribution in [0.4, 0.5) is 5.69 Å². The summed E-state index contributed by atoms with van der Waals surface area (Å²) in [6, 6.07) is 5.86. The highest BCUT2D eigenvalue weighted by Crippen LogP contribution is 2.21. The lowest BCUT2D eigenvalue weighted by molar-refractivity contribution is 0.689. The van der Waals surface area contributed by atoms with Gasteiger partial charge in [0.2, 0.25) is 0 Å². The molecule has 0 heterocycles. The second-order valence-corrected chi connectivity index (χ2v) is 5.18. The Morgan fingerprint density at radius 2 is 2.20 bits per heavy atom. The van der Waals surface area contributed by atoms with Gasteiger partial charge in [0, 0.05) is 22.3 Å². The molecule has 82 valence electrons. The fourth-order valence-corrected chi connectivity index (χ4v) is 1.73. The Morgan fingerprint density at radius 1 is 1.53 bits per heavy atom. The van der Waals surface area contributed by atoms with Crippen LogP contribution < -0.4 is 11.1 Å². The van der Waals surface area contributed by atoms with Crippen molar-refractivity contribution in [3.05, 3.63) is 28.2 Å². The van der Waals surface area contributed by atoms with Gasteiger partial charge < -0.3 is 11.1 Å². The SMILES string of the molecule is CC(C)CNc1cc(Br)ccc1C(N)=S. The predicted molar refractivity (Wildman–Crippen MR) is 73.4 cm³/mol. The summed E-state index contributed by atoms with van der Waals surface area (Å²) in [5.74, 6) is 0.586. The van der Waals surface area contributed by atoms with Crippen molar-refractivity contribution in [3.8, 4) is 0 Å². The Kier molecular flexibility index (Phi) is 4.54. The van der Waals surface area contributed by atoms with Crippen LogP contribution in [0.15, 0.2) is 22.7 Å². The topological polar surface area (TPSA) is 38.0 Å². The average molecular weight is 287 g/mol. The second kappa shape index (κ2) is 5.47. The Morgan fingerprint density at radius 3 is 2.73 bits per heavy atom. The van der Waals surface area contributed by atoms with E-state index < -0.39 is 0 Å². The maximum absolute atomic E-state index is 5.65. The minimum absolute atomic E-state index is 0.425. The van der Waals surface area contributed by atoms with Crippen molar-refractivity contribution in [1.29, 1.82) is 0 Å². The lowest BCUT2D eigenvalue weighted by atomic mass is 10.1. The maximum Gasteiger partial charge on any atom is 0.106 e. The molecule has 1 aromatic rings. The van der Waals surface area contributed by atoms with Gasteiger partial charge in [-0.15, -0.1) is 0 Å². The number of rotatable bonds is 4. The molecule has 0 radical (unpaired) electrons. The molecular formula is C11H15BrN2S. The molecule has 0 bridgehead atoms. The van der Waals surface area contributed by atoms with Crippen molar-refractivity contribution < 1.29 is 0 Å². The molecule has 0 aromatic heterocycles. The normalized spacial score (nSPS) is 10.4. The molecule has 0 aliphatic carbocycles. The monoisotopic (exact) mass is 286 g/mol. The molecule has 3 N–H and O–H groups in total. The molecule has 0 saturated carbocycles. The summed E-state index contributed by atoms with van der Waals surface area (Å²) in [6.07, 6.45) is 0. The molecule has 0 fully saturated rings. The Bertz CT molecular complexity index is 364. The molecule has 15 heavy (non-hydrogen) atoms. The molecule has 1 rings (SSSR count). The van der Waals surface area contributed by atoms with E-state index in [-0.39, 0.29) is 0 Å². The van der Waals surface area contributed by atoms with E-state index in [0.717, 1.165) is 22.3 Å². The van der Waals surface area contributed by atoms with Gasteiger partial charge in [-0.1, -0.05) is 42.0 Å². The summed E-state index contributed by atoms with van der Waals surface area (Å²) in [4.78, 5) is 0.425. The Balaban J connectivity index is 2.92. The summed E-state index contributed by atoms with van der Waals surface area (Å²) in [6.45, 7) is 5.23. The fraction of sp³-hybridized carbons (Fsp3) is 0.364.